The second-order valence-corrected chi connectivity index (χ2v) is 0.724. The van der Waals surface area contributed by atoms with Crippen LogP contribution in [0.2, 0.25) is 0 Å². The van der Waals surface area contributed by atoms with E-state index in [1.165, 1.54) is 0 Å². The molecule has 5 heavy (non-hydrogen) atoms. The summed E-state index contributed by atoms with van der Waals surface area (Å²) >= 11 is 0. The summed E-state index contributed by atoms with van der Waals surface area (Å²) in [6.45, 7) is 2.25. The van der Waals surface area contributed by atoms with Crippen LogP contribution in [0, 0.1) is 0 Å². The van der Waals surface area contributed by atoms with E-state index in [4.69, 9.17) is 5.11 Å². The molecular weight excluding hydrogens is 99.9 g/mol. The van der Waals surface area contributed by atoms with Gasteiger partial charge < -0.3 is 5.11 Å². The zero-order valence-corrected chi connectivity index (χ0v) is 4.92. The Hall–Kier alpha value is 0.674. The molecule has 0 rings (SSSR count). The van der Waals surface area contributed by atoms with Gasteiger partial charge in [-0.25, -0.2) is 0 Å². The molecule has 30 valence electrons. The van der Waals surface area contributed by atoms with Crippen molar-refractivity contribution < 1.29 is 26.8 Å². The third kappa shape index (κ3) is 11.9. The van der Waals surface area contributed by atoms with Crippen LogP contribution in [0.15, 0.2) is 0 Å². The van der Waals surface area contributed by atoms with Gasteiger partial charge in [0.25, 0.3) is 0 Å². The average Bonchev–Trinajstić information content (AvgIpc) is 1.37. The third-order valence-corrected chi connectivity index (χ3v) is 0.224. The van der Waals surface area contributed by atoms with Crippen molar-refractivity contribution in [3.05, 3.63) is 0 Å². The minimum atomic E-state index is 0. The van der Waals surface area contributed by atoms with Crippen molar-refractivity contribution in [1.29, 1.82) is 0 Å². The number of hydrogen-bond acceptors (Lipinski definition) is 1. The standard InChI is InChI=1S/C3H8O.Ti/c1-2-3-4;/h4H,2-3H2,1H3;. The van der Waals surface area contributed by atoms with Gasteiger partial charge in [0.05, 0.1) is 0 Å². The first-order chi connectivity index (χ1) is 1.91. The zero-order valence-electron chi connectivity index (χ0n) is 3.36. The maximum Gasteiger partial charge on any atom is 0.0428 e. The summed E-state index contributed by atoms with van der Waals surface area (Å²) in [5.74, 6) is 0. The molecule has 0 saturated carbocycles. The molecule has 0 atom stereocenters. The fourth-order valence-corrected chi connectivity index (χ4v) is 0. The second-order valence-electron chi connectivity index (χ2n) is 0.724. The molecule has 0 amide bonds. The van der Waals surface area contributed by atoms with E-state index in [0.29, 0.717) is 6.61 Å². The maximum atomic E-state index is 7.88. The normalized spacial score (nSPS) is 6.00. The summed E-state index contributed by atoms with van der Waals surface area (Å²) in [4.78, 5) is 0. The van der Waals surface area contributed by atoms with Gasteiger partial charge in [-0.3, -0.25) is 0 Å². The number of aliphatic hydroxyl groups excluding tert-OH is 1. The van der Waals surface area contributed by atoms with Crippen LogP contribution in [0.25, 0.3) is 0 Å². The first-order valence-electron chi connectivity index (χ1n) is 1.52. The van der Waals surface area contributed by atoms with Crippen molar-refractivity contribution in [1.82, 2.24) is 0 Å². The zero-order chi connectivity index (χ0) is 3.41. The van der Waals surface area contributed by atoms with E-state index < -0.39 is 0 Å². The summed E-state index contributed by atoms with van der Waals surface area (Å²) in [5, 5.41) is 7.88. The molecule has 0 radical (unpaired) electrons. The Morgan fingerprint density at radius 2 is 1.80 bits per heavy atom. The van der Waals surface area contributed by atoms with Crippen molar-refractivity contribution in [3.63, 3.8) is 0 Å². The van der Waals surface area contributed by atoms with Crippen molar-refractivity contribution in [2.24, 2.45) is 0 Å². The van der Waals surface area contributed by atoms with Gasteiger partial charge >= 0.3 is 0 Å². The van der Waals surface area contributed by atoms with E-state index in [-0.39, 0.29) is 21.7 Å². The second kappa shape index (κ2) is 8.82. The molecule has 0 aliphatic rings. The molecule has 0 bridgehead atoms. The van der Waals surface area contributed by atoms with Crippen LogP contribution in [0.3, 0.4) is 0 Å². The van der Waals surface area contributed by atoms with Crippen molar-refractivity contribution in [2.45, 2.75) is 13.3 Å². The number of hydrogen-bond donors (Lipinski definition) is 1. The van der Waals surface area contributed by atoms with E-state index in [1.807, 2.05) is 6.92 Å². The van der Waals surface area contributed by atoms with Gasteiger partial charge in [-0.1, -0.05) is 6.92 Å². The van der Waals surface area contributed by atoms with Gasteiger partial charge in [-0.15, -0.1) is 0 Å². The predicted octanol–water partition coefficient (Wildman–Crippen LogP) is 0.386. The van der Waals surface area contributed by atoms with Crippen molar-refractivity contribution in [2.75, 3.05) is 6.61 Å². The van der Waals surface area contributed by atoms with E-state index in [0.717, 1.165) is 6.42 Å². The molecule has 2 heteroatoms. The maximum absolute atomic E-state index is 7.88. The molecule has 0 aliphatic heterocycles. The Labute approximate surface area is 47.3 Å². The van der Waals surface area contributed by atoms with Gasteiger partial charge in [0, 0.05) is 28.3 Å². The van der Waals surface area contributed by atoms with Crippen LogP contribution in [0.4, 0.5) is 0 Å². The Bertz CT molecular complexity index is 8.85. The molecule has 0 unspecified atom stereocenters. The van der Waals surface area contributed by atoms with Crippen LogP contribution >= 0.6 is 0 Å². The minimum Gasteiger partial charge on any atom is -0.396 e. The molecule has 0 aliphatic carbocycles. The van der Waals surface area contributed by atoms with E-state index in [2.05, 4.69) is 0 Å². The molecular formula is C3H8OTi. The number of rotatable bonds is 1. The molecule has 1 nitrogen and oxygen atoms in total. The van der Waals surface area contributed by atoms with Gasteiger partial charge in [0.15, 0.2) is 0 Å². The summed E-state index contributed by atoms with van der Waals surface area (Å²) in [5.41, 5.74) is 0. The number of aliphatic hydroxyl groups is 1. The van der Waals surface area contributed by atoms with Gasteiger partial charge in [-0.05, 0) is 6.42 Å². The Kier molecular flexibility index (Phi) is 16.2. The van der Waals surface area contributed by atoms with E-state index in [1.54, 1.807) is 0 Å². The van der Waals surface area contributed by atoms with Crippen LogP contribution in [-0.2, 0) is 21.7 Å². The quantitative estimate of drug-likeness (QED) is 0.481. The SMILES string of the molecule is CCCO.[Ti]. The summed E-state index contributed by atoms with van der Waals surface area (Å²) in [7, 11) is 0. The van der Waals surface area contributed by atoms with Gasteiger partial charge in [-0.2, -0.15) is 0 Å². The van der Waals surface area contributed by atoms with E-state index >= 15 is 0 Å². The molecule has 0 aromatic rings. The summed E-state index contributed by atoms with van der Waals surface area (Å²) < 4.78 is 0. The first-order valence-corrected chi connectivity index (χ1v) is 1.52. The van der Waals surface area contributed by atoms with Crippen LogP contribution in [0.5, 0.6) is 0 Å². The predicted molar refractivity (Wildman–Crippen MR) is 17.4 cm³/mol. The Morgan fingerprint density at radius 1 is 1.60 bits per heavy atom. The molecule has 0 fully saturated rings. The Morgan fingerprint density at radius 3 is 1.80 bits per heavy atom. The third-order valence-electron chi connectivity index (χ3n) is 0.224. The molecule has 1 N–H and O–H groups in total. The van der Waals surface area contributed by atoms with Crippen LogP contribution in [0.1, 0.15) is 13.3 Å². The van der Waals surface area contributed by atoms with E-state index in [9.17, 15) is 0 Å². The summed E-state index contributed by atoms with van der Waals surface area (Å²) in [6.07, 6.45) is 0.875. The fourth-order valence-electron chi connectivity index (χ4n) is 0. The topological polar surface area (TPSA) is 20.2 Å². The largest absolute Gasteiger partial charge is 0.396 e. The van der Waals surface area contributed by atoms with Crippen molar-refractivity contribution >= 4 is 0 Å². The smallest absolute Gasteiger partial charge is 0.0428 e. The first kappa shape index (κ1) is 9.18. The molecule has 0 saturated heterocycles. The molecule has 0 aromatic carbocycles. The molecule has 0 heterocycles. The van der Waals surface area contributed by atoms with Crippen molar-refractivity contribution in [3.8, 4) is 0 Å². The fraction of sp³-hybridized carbons (Fsp3) is 1.00. The monoisotopic (exact) mass is 108 g/mol. The van der Waals surface area contributed by atoms with Gasteiger partial charge in [0.1, 0.15) is 0 Å². The average molecular weight is 108 g/mol. The molecule has 0 spiro atoms. The van der Waals surface area contributed by atoms with Crippen LogP contribution in [-0.4, -0.2) is 11.7 Å². The Balaban J connectivity index is 0. The van der Waals surface area contributed by atoms with Crippen LogP contribution < -0.4 is 0 Å². The minimum absolute atomic E-state index is 0. The van der Waals surface area contributed by atoms with Gasteiger partial charge in [0.2, 0.25) is 0 Å². The molecule has 0 aromatic heterocycles. The summed E-state index contributed by atoms with van der Waals surface area (Å²) in [6, 6.07) is 0.